The average molecular weight is 397 g/mol. The fourth-order valence-corrected chi connectivity index (χ4v) is 2.86. The number of rotatable bonds is 5. The third-order valence-corrected chi connectivity index (χ3v) is 3.91. The monoisotopic (exact) mass is 396 g/mol. The summed E-state index contributed by atoms with van der Waals surface area (Å²) in [6.07, 6.45) is 0. The van der Waals surface area contributed by atoms with Gasteiger partial charge in [-0.25, -0.2) is 4.79 Å². The molecule has 0 N–H and O–H groups in total. The van der Waals surface area contributed by atoms with Gasteiger partial charge < -0.3 is 18.9 Å². The maximum atomic E-state index is 12.1. The van der Waals surface area contributed by atoms with Crippen LogP contribution in [-0.2, 0) is 9.53 Å². The summed E-state index contributed by atoms with van der Waals surface area (Å²) in [6, 6.07) is 4.82. The van der Waals surface area contributed by atoms with Crippen molar-refractivity contribution in [3.8, 4) is 17.2 Å². The number of methoxy groups -OCH3 is 2. The highest BCUT2D eigenvalue weighted by molar-refractivity contribution is 9.10. The first-order chi connectivity index (χ1) is 11.4. The molecule has 0 aliphatic heterocycles. The smallest absolute Gasteiger partial charge is 0.338 e. The van der Waals surface area contributed by atoms with Gasteiger partial charge in [-0.3, -0.25) is 4.79 Å². The molecule has 24 heavy (non-hydrogen) atoms. The summed E-state index contributed by atoms with van der Waals surface area (Å²) in [6.45, 7) is 3.24. The molecule has 128 valence electrons. The summed E-state index contributed by atoms with van der Waals surface area (Å²) in [4.78, 5) is 23.6. The fraction of sp³-hybridized carbons (Fsp3) is 0.294. The number of hydrogen-bond donors (Lipinski definition) is 0. The summed E-state index contributed by atoms with van der Waals surface area (Å²) in [7, 11) is 3.00. The number of benzene rings is 2. The lowest BCUT2D eigenvalue weighted by Gasteiger charge is -2.16. The Labute approximate surface area is 147 Å². The zero-order valence-corrected chi connectivity index (χ0v) is 15.4. The lowest BCUT2D eigenvalue weighted by molar-refractivity contribution is -0.131. The first-order valence-corrected chi connectivity index (χ1v) is 7.96. The van der Waals surface area contributed by atoms with Gasteiger partial charge in [0.1, 0.15) is 5.75 Å². The molecular formula is C17H17BrO6. The normalized spacial score (nSPS) is 10.4. The maximum absolute atomic E-state index is 12.1. The van der Waals surface area contributed by atoms with Crippen LogP contribution in [-0.4, -0.2) is 32.8 Å². The molecule has 2 aromatic carbocycles. The van der Waals surface area contributed by atoms with E-state index in [9.17, 15) is 9.59 Å². The van der Waals surface area contributed by atoms with Crippen molar-refractivity contribution in [2.75, 3.05) is 20.8 Å². The van der Waals surface area contributed by atoms with E-state index in [-0.39, 0.29) is 17.9 Å². The molecule has 2 rings (SSSR count). The van der Waals surface area contributed by atoms with E-state index in [0.717, 1.165) is 0 Å². The molecule has 0 saturated heterocycles. The predicted octanol–water partition coefficient (Wildman–Crippen LogP) is 3.72. The van der Waals surface area contributed by atoms with E-state index in [1.54, 1.807) is 19.1 Å². The van der Waals surface area contributed by atoms with Gasteiger partial charge in [0.05, 0.1) is 31.8 Å². The Morgan fingerprint density at radius 2 is 1.79 bits per heavy atom. The summed E-state index contributed by atoms with van der Waals surface area (Å²) in [5.41, 5.74) is 0.272. The molecule has 2 aromatic rings. The number of carbonyl (C=O) groups excluding carboxylic acids is 2. The first-order valence-electron chi connectivity index (χ1n) is 7.16. The minimum absolute atomic E-state index is 0.194. The molecule has 0 spiro atoms. The molecule has 0 unspecified atom stereocenters. The van der Waals surface area contributed by atoms with Crippen molar-refractivity contribution in [1.82, 2.24) is 0 Å². The van der Waals surface area contributed by atoms with Crippen LogP contribution in [0.5, 0.6) is 17.2 Å². The second kappa shape index (κ2) is 7.53. The lowest BCUT2D eigenvalue weighted by atomic mass is 10.0. The molecule has 0 amide bonds. The van der Waals surface area contributed by atoms with Gasteiger partial charge in [-0.1, -0.05) is 15.9 Å². The molecule has 0 aliphatic rings. The zero-order valence-electron chi connectivity index (χ0n) is 13.8. The van der Waals surface area contributed by atoms with Crippen LogP contribution in [0.25, 0.3) is 10.8 Å². The number of fused-ring (bicyclic) bond motifs is 1. The van der Waals surface area contributed by atoms with Crippen molar-refractivity contribution in [1.29, 1.82) is 0 Å². The number of esters is 2. The Bertz CT molecular complexity index is 800. The van der Waals surface area contributed by atoms with Gasteiger partial charge >= 0.3 is 11.9 Å². The van der Waals surface area contributed by atoms with Crippen LogP contribution in [0.2, 0.25) is 0 Å². The third kappa shape index (κ3) is 3.46. The standard InChI is InChI=1S/C17H17BrO6/c1-5-23-17(20)10-6-11-12(18)8-14(21-3)16(22-4)15(11)13(7-10)24-9(2)19/h6-8H,5H2,1-4H3. The van der Waals surface area contributed by atoms with E-state index >= 15 is 0 Å². The van der Waals surface area contributed by atoms with E-state index in [0.29, 0.717) is 26.7 Å². The van der Waals surface area contributed by atoms with Crippen LogP contribution < -0.4 is 14.2 Å². The minimum Gasteiger partial charge on any atom is -0.493 e. The van der Waals surface area contributed by atoms with Crippen molar-refractivity contribution < 1.29 is 28.5 Å². The molecular weight excluding hydrogens is 380 g/mol. The topological polar surface area (TPSA) is 71.1 Å². The third-order valence-electron chi connectivity index (χ3n) is 3.26. The van der Waals surface area contributed by atoms with Crippen LogP contribution in [0, 0.1) is 0 Å². The fourth-order valence-electron chi connectivity index (χ4n) is 2.34. The van der Waals surface area contributed by atoms with E-state index in [1.165, 1.54) is 27.2 Å². The van der Waals surface area contributed by atoms with Gasteiger partial charge in [-0.05, 0) is 25.1 Å². The van der Waals surface area contributed by atoms with Crippen molar-refractivity contribution in [2.24, 2.45) is 0 Å². The van der Waals surface area contributed by atoms with Crippen molar-refractivity contribution in [3.05, 3.63) is 28.2 Å². The van der Waals surface area contributed by atoms with Gasteiger partial charge in [0.2, 0.25) is 0 Å². The molecule has 7 heteroatoms. The van der Waals surface area contributed by atoms with Gasteiger partial charge in [0, 0.05) is 16.8 Å². The molecule has 6 nitrogen and oxygen atoms in total. The minimum atomic E-state index is -0.515. The Kier molecular flexibility index (Phi) is 5.66. The van der Waals surface area contributed by atoms with E-state index in [4.69, 9.17) is 18.9 Å². The molecule has 0 bridgehead atoms. The summed E-state index contributed by atoms with van der Waals surface area (Å²) in [5.74, 6) is 0.0452. The molecule has 0 aliphatic carbocycles. The van der Waals surface area contributed by atoms with E-state index in [1.807, 2.05) is 0 Å². The van der Waals surface area contributed by atoms with Crippen molar-refractivity contribution >= 4 is 38.6 Å². The molecule has 0 fully saturated rings. The van der Waals surface area contributed by atoms with Gasteiger partial charge in [0.25, 0.3) is 0 Å². The SMILES string of the molecule is CCOC(=O)c1cc(OC(C)=O)c2c(OC)c(OC)cc(Br)c2c1. The second-order valence-corrected chi connectivity index (χ2v) is 5.66. The van der Waals surface area contributed by atoms with Crippen LogP contribution in [0.4, 0.5) is 0 Å². The average Bonchev–Trinajstić information content (AvgIpc) is 2.54. The highest BCUT2D eigenvalue weighted by atomic mass is 79.9. The Hall–Kier alpha value is -2.28. The van der Waals surface area contributed by atoms with Gasteiger partial charge in [-0.15, -0.1) is 0 Å². The zero-order chi connectivity index (χ0) is 17.9. The van der Waals surface area contributed by atoms with Crippen LogP contribution in [0.3, 0.4) is 0 Å². The highest BCUT2D eigenvalue weighted by Crippen LogP contribution is 2.45. The number of halogens is 1. The van der Waals surface area contributed by atoms with E-state index in [2.05, 4.69) is 15.9 Å². The molecule has 0 saturated carbocycles. The van der Waals surface area contributed by atoms with Gasteiger partial charge in [0.15, 0.2) is 11.5 Å². The Balaban J connectivity index is 2.84. The molecule has 0 radical (unpaired) electrons. The van der Waals surface area contributed by atoms with Crippen LogP contribution in [0.1, 0.15) is 24.2 Å². The quantitative estimate of drug-likeness (QED) is 0.566. The summed E-state index contributed by atoms with van der Waals surface area (Å²) in [5, 5.41) is 1.15. The van der Waals surface area contributed by atoms with Gasteiger partial charge in [-0.2, -0.15) is 0 Å². The van der Waals surface area contributed by atoms with Crippen molar-refractivity contribution in [2.45, 2.75) is 13.8 Å². The Morgan fingerprint density at radius 1 is 1.08 bits per heavy atom. The second-order valence-electron chi connectivity index (χ2n) is 4.80. The van der Waals surface area contributed by atoms with Crippen LogP contribution in [0.15, 0.2) is 22.7 Å². The summed E-state index contributed by atoms with van der Waals surface area (Å²) < 4.78 is 21.7. The van der Waals surface area contributed by atoms with Crippen LogP contribution >= 0.6 is 15.9 Å². The Morgan fingerprint density at radius 3 is 2.33 bits per heavy atom. The largest absolute Gasteiger partial charge is 0.493 e. The molecule has 0 heterocycles. The number of hydrogen-bond acceptors (Lipinski definition) is 6. The number of carbonyl (C=O) groups is 2. The first kappa shape index (κ1) is 18.1. The van der Waals surface area contributed by atoms with Crippen molar-refractivity contribution in [3.63, 3.8) is 0 Å². The maximum Gasteiger partial charge on any atom is 0.338 e. The molecule has 0 aromatic heterocycles. The number of ether oxygens (including phenoxy) is 4. The lowest BCUT2D eigenvalue weighted by Crippen LogP contribution is -2.08. The predicted molar refractivity (Wildman–Crippen MR) is 92.0 cm³/mol. The molecule has 0 atom stereocenters. The highest BCUT2D eigenvalue weighted by Gasteiger charge is 2.21. The van der Waals surface area contributed by atoms with E-state index < -0.39 is 11.9 Å². The summed E-state index contributed by atoms with van der Waals surface area (Å²) >= 11 is 3.45.